The van der Waals surface area contributed by atoms with Gasteiger partial charge in [0, 0.05) is 11.0 Å². The summed E-state index contributed by atoms with van der Waals surface area (Å²) >= 11 is 3.43. The summed E-state index contributed by atoms with van der Waals surface area (Å²) in [5.74, 6) is 0.895. The van der Waals surface area contributed by atoms with Gasteiger partial charge in [0.2, 0.25) is 5.76 Å². The van der Waals surface area contributed by atoms with Gasteiger partial charge < -0.3 is 18.8 Å². The lowest BCUT2D eigenvalue weighted by atomic mass is 9.97. The molecule has 0 saturated heterocycles. The van der Waals surface area contributed by atoms with Crippen LogP contribution in [0.2, 0.25) is 0 Å². The fourth-order valence-corrected chi connectivity index (χ4v) is 4.88. The van der Waals surface area contributed by atoms with Gasteiger partial charge in [-0.1, -0.05) is 51.8 Å². The molecule has 2 heterocycles. The number of halogens is 1. The molecule has 35 heavy (non-hydrogen) atoms. The molecule has 1 unspecified atom stereocenters. The number of benzene rings is 3. The Hall–Kier alpha value is -3.58. The quantitative estimate of drug-likeness (QED) is 0.303. The van der Waals surface area contributed by atoms with Crippen molar-refractivity contribution in [2.45, 2.75) is 26.4 Å². The van der Waals surface area contributed by atoms with Gasteiger partial charge in [-0.25, -0.2) is 0 Å². The molecule has 1 amide bonds. The number of amides is 1. The molecule has 3 aromatic carbocycles. The third kappa shape index (κ3) is 4.10. The molecule has 7 heteroatoms. The van der Waals surface area contributed by atoms with Crippen molar-refractivity contribution in [1.29, 1.82) is 0 Å². The van der Waals surface area contributed by atoms with E-state index in [-0.39, 0.29) is 17.1 Å². The maximum Gasteiger partial charge on any atom is 0.291 e. The Balaban J connectivity index is 1.71. The van der Waals surface area contributed by atoms with Crippen LogP contribution in [0, 0.1) is 6.92 Å². The van der Waals surface area contributed by atoms with E-state index in [1.807, 2.05) is 56.3 Å². The van der Waals surface area contributed by atoms with Gasteiger partial charge in [-0.3, -0.25) is 9.59 Å². The topological polar surface area (TPSA) is 69.0 Å². The molecule has 1 aromatic heterocycles. The van der Waals surface area contributed by atoms with Crippen molar-refractivity contribution >= 4 is 32.8 Å². The number of carbonyl (C=O) groups is 1. The molecule has 1 aliphatic rings. The summed E-state index contributed by atoms with van der Waals surface area (Å²) in [5, 5.41) is 0.422. The lowest BCUT2D eigenvalue weighted by molar-refractivity contribution is 0.0714. The number of ether oxygens (including phenoxy) is 2. The van der Waals surface area contributed by atoms with Crippen LogP contribution >= 0.6 is 15.9 Å². The molecule has 0 fully saturated rings. The number of hydrogen-bond donors (Lipinski definition) is 0. The maximum absolute atomic E-state index is 13.8. The molecule has 0 spiro atoms. The van der Waals surface area contributed by atoms with Gasteiger partial charge in [-0.15, -0.1) is 0 Å². The first-order valence-corrected chi connectivity index (χ1v) is 12.1. The molecule has 0 radical (unpaired) electrons. The zero-order valence-electron chi connectivity index (χ0n) is 19.6. The lowest BCUT2D eigenvalue weighted by Gasteiger charge is -2.26. The van der Waals surface area contributed by atoms with Crippen LogP contribution in [-0.2, 0) is 6.54 Å². The van der Waals surface area contributed by atoms with Crippen LogP contribution in [0.3, 0.4) is 0 Å². The largest absolute Gasteiger partial charge is 0.493 e. The van der Waals surface area contributed by atoms with Crippen molar-refractivity contribution in [2.75, 3.05) is 13.7 Å². The molecule has 0 bridgehead atoms. The summed E-state index contributed by atoms with van der Waals surface area (Å²) in [7, 11) is 1.57. The van der Waals surface area contributed by atoms with Gasteiger partial charge in [0.15, 0.2) is 16.9 Å². The number of carbonyl (C=O) groups excluding carboxylic acids is 1. The standard InChI is InChI=1S/C28H24BrNO5/c1-4-34-22-11-9-18(13-23(22)33-3)25-24-26(31)20-14-19(29)10-12-21(20)35-27(24)28(32)30(25)15-17-7-5-16(2)6-8-17/h5-14,25H,4,15H2,1-3H3. The number of nitrogens with zero attached hydrogens (tertiary/aromatic N) is 1. The molecule has 1 atom stereocenters. The van der Waals surface area contributed by atoms with Crippen LogP contribution in [0.25, 0.3) is 11.0 Å². The average Bonchev–Trinajstić information content (AvgIpc) is 3.13. The van der Waals surface area contributed by atoms with E-state index in [4.69, 9.17) is 13.9 Å². The minimum Gasteiger partial charge on any atom is -0.493 e. The number of aryl methyl sites for hydroxylation is 1. The molecule has 6 nitrogen and oxygen atoms in total. The summed E-state index contributed by atoms with van der Waals surface area (Å²) in [6.07, 6.45) is 0. The molecule has 0 saturated carbocycles. The molecule has 1 aliphatic heterocycles. The van der Waals surface area contributed by atoms with E-state index in [1.165, 1.54) is 0 Å². The van der Waals surface area contributed by atoms with Crippen LogP contribution in [-0.4, -0.2) is 24.5 Å². The van der Waals surface area contributed by atoms with E-state index in [2.05, 4.69) is 15.9 Å². The van der Waals surface area contributed by atoms with Gasteiger partial charge in [0.25, 0.3) is 5.91 Å². The predicted octanol–water partition coefficient (Wildman–Crippen LogP) is 6.02. The Bertz CT molecular complexity index is 1490. The fraction of sp³-hybridized carbons (Fsp3) is 0.214. The van der Waals surface area contributed by atoms with Crippen molar-refractivity contribution in [3.8, 4) is 11.5 Å². The maximum atomic E-state index is 13.8. The van der Waals surface area contributed by atoms with E-state index < -0.39 is 6.04 Å². The highest BCUT2D eigenvalue weighted by Gasteiger charge is 2.43. The third-order valence-corrected chi connectivity index (χ3v) is 6.70. The normalized spacial score (nSPS) is 14.9. The third-order valence-electron chi connectivity index (χ3n) is 6.20. The number of fused-ring (bicyclic) bond motifs is 2. The average molecular weight is 534 g/mol. The van der Waals surface area contributed by atoms with Crippen molar-refractivity contribution < 1.29 is 18.7 Å². The van der Waals surface area contributed by atoms with E-state index in [0.29, 0.717) is 41.2 Å². The van der Waals surface area contributed by atoms with Crippen LogP contribution in [0.15, 0.2) is 74.3 Å². The van der Waals surface area contributed by atoms with Crippen molar-refractivity contribution in [3.63, 3.8) is 0 Å². The Kier molecular flexibility index (Phi) is 6.11. The molecule has 0 N–H and O–H groups in total. The molecular formula is C28H24BrNO5. The van der Waals surface area contributed by atoms with Gasteiger partial charge in [0.05, 0.1) is 30.7 Å². The van der Waals surface area contributed by atoms with E-state index in [0.717, 1.165) is 21.2 Å². The summed E-state index contributed by atoms with van der Waals surface area (Å²) < 4.78 is 18.0. The number of hydrogen-bond acceptors (Lipinski definition) is 5. The molecular weight excluding hydrogens is 510 g/mol. The van der Waals surface area contributed by atoms with Gasteiger partial charge in [-0.2, -0.15) is 0 Å². The minimum absolute atomic E-state index is 0.0785. The molecule has 0 aliphatic carbocycles. The van der Waals surface area contributed by atoms with Crippen molar-refractivity contribution in [1.82, 2.24) is 4.90 Å². The highest BCUT2D eigenvalue weighted by molar-refractivity contribution is 9.10. The molecule has 178 valence electrons. The van der Waals surface area contributed by atoms with Crippen molar-refractivity contribution in [2.24, 2.45) is 0 Å². The minimum atomic E-state index is -0.636. The van der Waals surface area contributed by atoms with Gasteiger partial charge in [-0.05, 0) is 55.3 Å². The Labute approximate surface area is 211 Å². The zero-order valence-corrected chi connectivity index (χ0v) is 21.2. The Morgan fingerprint density at radius 2 is 1.77 bits per heavy atom. The fourth-order valence-electron chi connectivity index (χ4n) is 4.52. The molecule has 4 aromatic rings. The summed E-state index contributed by atoms with van der Waals surface area (Å²) in [5.41, 5.74) is 3.32. The van der Waals surface area contributed by atoms with Crippen molar-refractivity contribution in [3.05, 3.63) is 103 Å². The van der Waals surface area contributed by atoms with E-state index in [1.54, 1.807) is 30.2 Å². The first kappa shape index (κ1) is 23.2. The predicted molar refractivity (Wildman–Crippen MR) is 137 cm³/mol. The first-order valence-electron chi connectivity index (χ1n) is 11.3. The number of methoxy groups -OCH3 is 1. The van der Waals surface area contributed by atoms with Crippen LogP contribution < -0.4 is 14.9 Å². The summed E-state index contributed by atoms with van der Waals surface area (Å²) in [6.45, 7) is 4.73. The smallest absolute Gasteiger partial charge is 0.291 e. The Morgan fingerprint density at radius 3 is 2.49 bits per heavy atom. The monoisotopic (exact) mass is 533 g/mol. The second-order valence-corrected chi connectivity index (χ2v) is 9.39. The highest BCUT2D eigenvalue weighted by Crippen LogP contribution is 2.41. The van der Waals surface area contributed by atoms with Crippen LogP contribution in [0.1, 0.15) is 45.8 Å². The summed E-state index contributed by atoms with van der Waals surface area (Å²) in [4.78, 5) is 29.1. The second kappa shape index (κ2) is 9.23. The first-order chi connectivity index (χ1) is 16.9. The SMILES string of the molecule is CCOc1ccc(C2c3c(oc4ccc(Br)cc4c3=O)C(=O)N2Cc2ccc(C)cc2)cc1OC. The zero-order chi connectivity index (χ0) is 24.7. The lowest BCUT2D eigenvalue weighted by Crippen LogP contribution is -2.29. The second-order valence-electron chi connectivity index (χ2n) is 8.48. The number of rotatable bonds is 6. The van der Waals surface area contributed by atoms with Crippen LogP contribution in [0.4, 0.5) is 0 Å². The summed E-state index contributed by atoms with van der Waals surface area (Å²) in [6, 6.07) is 18.1. The van der Waals surface area contributed by atoms with E-state index in [9.17, 15) is 9.59 Å². The van der Waals surface area contributed by atoms with Gasteiger partial charge >= 0.3 is 0 Å². The van der Waals surface area contributed by atoms with Crippen LogP contribution in [0.5, 0.6) is 11.5 Å². The highest BCUT2D eigenvalue weighted by atomic mass is 79.9. The van der Waals surface area contributed by atoms with E-state index >= 15 is 0 Å². The molecule has 5 rings (SSSR count). The Morgan fingerprint density at radius 1 is 1.00 bits per heavy atom. The van der Waals surface area contributed by atoms with Gasteiger partial charge in [0.1, 0.15) is 5.58 Å².